The molecule has 6 heteroatoms. The molecule has 0 saturated carbocycles. The maximum Gasteiger partial charge on any atom is 0.261 e. The zero-order valence-electron chi connectivity index (χ0n) is 6.61. The van der Waals surface area contributed by atoms with Crippen LogP contribution in [0.15, 0.2) is 0 Å². The van der Waals surface area contributed by atoms with Gasteiger partial charge in [-0.2, -0.15) is 0 Å². The van der Waals surface area contributed by atoms with Crippen LogP contribution in [0, 0.1) is 5.92 Å². The van der Waals surface area contributed by atoms with Crippen molar-refractivity contribution in [3.63, 3.8) is 0 Å². The number of hydrogen-bond donors (Lipinski definition) is 2. The molecule has 0 spiro atoms. The molecule has 0 fully saturated rings. The lowest BCUT2D eigenvalue weighted by Crippen LogP contribution is -2.11. The SMILES string of the molecule is CC(=O)C(C)CSP(N)(N)=O. The van der Waals surface area contributed by atoms with E-state index >= 15 is 0 Å². The quantitative estimate of drug-likeness (QED) is 0.654. The third kappa shape index (κ3) is 6.56. The molecule has 4 nitrogen and oxygen atoms in total. The monoisotopic (exact) mass is 196 g/mol. The van der Waals surface area contributed by atoms with Gasteiger partial charge in [-0.15, -0.1) is 0 Å². The third-order valence-corrected chi connectivity index (χ3v) is 3.93. The smallest absolute Gasteiger partial charge is 0.261 e. The number of Topliss-reactive ketones (excluding diaryl/α,β-unsaturated/α-hetero) is 1. The van der Waals surface area contributed by atoms with Crippen LogP contribution in [0.25, 0.3) is 0 Å². The number of hydrogen-bond acceptors (Lipinski definition) is 3. The van der Waals surface area contributed by atoms with Crippen molar-refractivity contribution < 1.29 is 9.36 Å². The average molecular weight is 196 g/mol. The Labute approximate surface area is 70.3 Å². The van der Waals surface area contributed by atoms with Crippen molar-refractivity contribution in [2.24, 2.45) is 16.9 Å². The van der Waals surface area contributed by atoms with Crippen LogP contribution >= 0.6 is 18.0 Å². The van der Waals surface area contributed by atoms with Crippen LogP contribution in [0.2, 0.25) is 0 Å². The van der Waals surface area contributed by atoms with Crippen LogP contribution in [0.5, 0.6) is 0 Å². The summed E-state index contributed by atoms with van der Waals surface area (Å²) in [6.45, 7) is 0.249. The second kappa shape index (κ2) is 4.26. The average Bonchev–Trinajstić information content (AvgIpc) is 1.80. The van der Waals surface area contributed by atoms with Gasteiger partial charge in [0.25, 0.3) is 6.65 Å². The summed E-state index contributed by atoms with van der Waals surface area (Å²) in [5, 5.41) is 0. The van der Waals surface area contributed by atoms with Crippen molar-refractivity contribution >= 4 is 23.8 Å². The van der Waals surface area contributed by atoms with Crippen molar-refractivity contribution in [1.82, 2.24) is 0 Å². The molecule has 0 aliphatic carbocycles. The minimum atomic E-state index is -2.99. The summed E-state index contributed by atoms with van der Waals surface area (Å²) < 4.78 is 10.7. The summed E-state index contributed by atoms with van der Waals surface area (Å²) in [5.74, 6) is 0.367. The van der Waals surface area contributed by atoms with Crippen molar-refractivity contribution in [3.8, 4) is 0 Å². The Balaban J connectivity index is 3.72. The minimum Gasteiger partial charge on any atom is -0.300 e. The fourth-order valence-electron chi connectivity index (χ4n) is 0.346. The summed E-state index contributed by atoms with van der Waals surface area (Å²) >= 11 is 0.960. The predicted molar refractivity (Wildman–Crippen MR) is 48.3 cm³/mol. The molecule has 0 amide bonds. The van der Waals surface area contributed by atoms with Crippen LogP contribution in [0.1, 0.15) is 13.8 Å². The van der Waals surface area contributed by atoms with Gasteiger partial charge in [0.15, 0.2) is 0 Å². The maximum absolute atomic E-state index is 10.7. The van der Waals surface area contributed by atoms with Crippen LogP contribution < -0.4 is 11.0 Å². The Morgan fingerprint density at radius 1 is 1.64 bits per heavy atom. The van der Waals surface area contributed by atoms with Gasteiger partial charge < -0.3 is 0 Å². The summed E-state index contributed by atoms with van der Waals surface area (Å²) in [5.41, 5.74) is 10.1. The van der Waals surface area contributed by atoms with Gasteiger partial charge in [-0.3, -0.25) is 20.4 Å². The molecule has 0 radical (unpaired) electrons. The molecule has 66 valence electrons. The van der Waals surface area contributed by atoms with Crippen LogP contribution in [-0.2, 0) is 9.36 Å². The van der Waals surface area contributed by atoms with Gasteiger partial charge in [-0.25, -0.2) is 0 Å². The first-order chi connectivity index (χ1) is 4.83. The van der Waals surface area contributed by atoms with Gasteiger partial charge in [-0.1, -0.05) is 18.3 Å². The predicted octanol–water partition coefficient (Wildman–Crippen LogP) is 0.970. The van der Waals surface area contributed by atoms with Crippen LogP contribution in [-0.4, -0.2) is 11.5 Å². The molecule has 1 atom stereocenters. The van der Waals surface area contributed by atoms with Crippen molar-refractivity contribution in [1.29, 1.82) is 0 Å². The number of nitrogens with two attached hydrogens (primary N) is 2. The van der Waals surface area contributed by atoms with Gasteiger partial charge in [0.05, 0.1) is 0 Å². The van der Waals surface area contributed by atoms with E-state index in [1.54, 1.807) is 6.92 Å². The van der Waals surface area contributed by atoms with Crippen molar-refractivity contribution in [3.05, 3.63) is 0 Å². The first-order valence-electron chi connectivity index (χ1n) is 3.15. The summed E-state index contributed by atoms with van der Waals surface area (Å²) in [6.07, 6.45) is 0. The zero-order valence-corrected chi connectivity index (χ0v) is 8.32. The highest BCUT2D eigenvalue weighted by Gasteiger charge is 2.14. The lowest BCUT2D eigenvalue weighted by Gasteiger charge is -2.08. The molecule has 0 aromatic rings. The van der Waals surface area contributed by atoms with Crippen molar-refractivity contribution in [2.45, 2.75) is 13.8 Å². The number of carbonyl (C=O) groups excluding carboxylic acids is 1. The largest absolute Gasteiger partial charge is 0.300 e. The number of ketones is 1. The molecule has 11 heavy (non-hydrogen) atoms. The van der Waals surface area contributed by atoms with Gasteiger partial charge in [0.2, 0.25) is 0 Å². The summed E-state index contributed by atoms with van der Waals surface area (Å²) in [7, 11) is 0. The standard InChI is InChI=1S/C5H13N2O2PS/c1-4(5(2)8)3-11-10(6,7)9/h4H,3H2,1-2H3,(H4,6,7,9). The van der Waals surface area contributed by atoms with E-state index in [2.05, 4.69) is 0 Å². The Kier molecular flexibility index (Phi) is 4.32. The van der Waals surface area contributed by atoms with E-state index in [4.69, 9.17) is 11.0 Å². The molecule has 0 aromatic heterocycles. The van der Waals surface area contributed by atoms with Crippen molar-refractivity contribution in [2.75, 3.05) is 5.75 Å². The van der Waals surface area contributed by atoms with Gasteiger partial charge in [0, 0.05) is 11.7 Å². The van der Waals surface area contributed by atoms with E-state index < -0.39 is 6.65 Å². The lowest BCUT2D eigenvalue weighted by molar-refractivity contribution is -0.119. The molecule has 1 unspecified atom stereocenters. The molecule has 0 bridgehead atoms. The Morgan fingerprint density at radius 2 is 2.09 bits per heavy atom. The second-order valence-corrected chi connectivity index (χ2v) is 6.82. The van der Waals surface area contributed by atoms with Gasteiger partial charge in [-0.05, 0) is 6.92 Å². The summed E-state index contributed by atoms with van der Waals surface area (Å²) in [6, 6.07) is 0. The highest BCUT2D eigenvalue weighted by atomic mass is 32.7. The third-order valence-electron chi connectivity index (χ3n) is 1.22. The highest BCUT2D eigenvalue weighted by molar-refractivity contribution is 8.56. The van der Waals surface area contributed by atoms with Crippen LogP contribution in [0.3, 0.4) is 0 Å². The normalized spacial score (nSPS) is 14.5. The molecule has 0 aliphatic rings. The fraction of sp³-hybridized carbons (Fsp3) is 0.800. The topological polar surface area (TPSA) is 86.2 Å². The van der Waals surface area contributed by atoms with Gasteiger partial charge in [0.1, 0.15) is 5.78 Å². The molecular formula is C5H13N2O2PS. The first kappa shape index (κ1) is 11.2. The number of rotatable bonds is 4. The molecule has 0 aromatic carbocycles. The van der Waals surface area contributed by atoms with E-state index in [0.717, 1.165) is 11.4 Å². The maximum atomic E-state index is 10.7. The zero-order chi connectivity index (χ0) is 9.07. The summed E-state index contributed by atoms with van der Waals surface area (Å²) in [4.78, 5) is 10.7. The molecule has 0 rings (SSSR count). The molecule has 0 saturated heterocycles. The van der Waals surface area contributed by atoms with E-state index in [1.807, 2.05) is 0 Å². The Bertz CT molecular complexity index is 191. The molecule has 4 N–H and O–H groups in total. The second-order valence-electron chi connectivity index (χ2n) is 2.45. The fourth-order valence-corrected chi connectivity index (χ4v) is 2.41. The lowest BCUT2D eigenvalue weighted by atomic mass is 10.1. The molecular weight excluding hydrogens is 183 g/mol. The highest BCUT2D eigenvalue weighted by Crippen LogP contribution is 2.43. The van der Waals surface area contributed by atoms with Gasteiger partial charge >= 0.3 is 0 Å². The molecule has 0 aliphatic heterocycles. The minimum absolute atomic E-state index is 0.0611. The Morgan fingerprint density at radius 3 is 2.36 bits per heavy atom. The van der Waals surface area contributed by atoms with E-state index in [-0.39, 0.29) is 11.7 Å². The van der Waals surface area contributed by atoms with Crippen LogP contribution in [0.4, 0.5) is 0 Å². The molecule has 0 heterocycles. The van der Waals surface area contributed by atoms with E-state index in [1.165, 1.54) is 6.92 Å². The number of carbonyl (C=O) groups is 1. The first-order valence-corrected chi connectivity index (χ1v) is 6.58. The Hall–Kier alpha value is 0.170. The van der Waals surface area contributed by atoms with E-state index in [9.17, 15) is 9.36 Å². The van der Waals surface area contributed by atoms with E-state index in [0.29, 0.717) is 5.75 Å².